The van der Waals surface area contributed by atoms with E-state index < -0.39 is 10.0 Å². The van der Waals surface area contributed by atoms with Crippen molar-refractivity contribution in [1.82, 2.24) is 9.71 Å². The number of thioether (sulfide) groups is 1. The number of rotatable bonds is 8. The normalized spacial score (nSPS) is 13.8. The van der Waals surface area contributed by atoms with Crippen molar-refractivity contribution in [2.45, 2.75) is 33.9 Å². The number of carbonyl (C=O) groups is 1. The summed E-state index contributed by atoms with van der Waals surface area (Å²) in [5.74, 6) is 0.323. The van der Waals surface area contributed by atoms with Gasteiger partial charge in [-0.15, -0.1) is 11.3 Å². The number of para-hydroxylation sites is 1. The minimum atomic E-state index is -3.59. The summed E-state index contributed by atoms with van der Waals surface area (Å²) in [4.78, 5) is 17.8. The molecule has 33 heavy (non-hydrogen) atoms. The molecule has 5 rings (SSSR count). The number of fused-ring (bicyclic) bond motifs is 1. The van der Waals surface area contributed by atoms with Crippen LogP contribution in [-0.4, -0.2) is 25.4 Å². The standard InChI is InChI=1S/C24H21N3O3S3/c28-23(25-18-7-5-8-19(14-18)33(29,30)27-17-12-13-17)20-9-2-1-6-16(20)15-31-24-26-21-10-3-4-11-22(21)32-24/h1-11,14,17,27H,12-13,15H2,(H,25,28). The maximum absolute atomic E-state index is 13.0. The van der Waals surface area contributed by atoms with Crippen LogP contribution < -0.4 is 10.0 Å². The number of benzene rings is 3. The highest BCUT2D eigenvalue weighted by Crippen LogP contribution is 2.32. The number of sulfonamides is 1. The zero-order valence-corrected chi connectivity index (χ0v) is 20.0. The molecule has 0 atom stereocenters. The van der Waals surface area contributed by atoms with E-state index in [0.717, 1.165) is 33.0 Å². The number of aromatic nitrogens is 1. The van der Waals surface area contributed by atoms with Crippen molar-refractivity contribution in [2.24, 2.45) is 0 Å². The molecular weight excluding hydrogens is 474 g/mol. The van der Waals surface area contributed by atoms with Crippen LogP contribution in [0, 0.1) is 0 Å². The second-order valence-electron chi connectivity index (χ2n) is 7.77. The molecule has 1 heterocycles. The summed E-state index contributed by atoms with van der Waals surface area (Å²) < 4.78 is 29.7. The van der Waals surface area contributed by atoms with Gasteiger partial charge in [0.25, 0.3) is 5.91 Å². The van der Waals surface area contributed by atoms with Crippen LogP contribution in [0.5, 0.6) is 0 Å². The molecule has 0 unspecified atom stereocenters. The zero-order valence-electron chi connectivity index (χ0n) is 17.5. The van der Waals surface area contributed by atoms with Gasteiger partial charge in [0.1, 0.15) is 0 Å². The predicted octanol–water partition coefficient (Wildman–Crippen LogP) is 5.28. The lowest BCUT2D eigenvalue weighted by molar-refractivity contribution is 0.102. The molecule has 3 aromatic carbocycles. The van der Waals surface area contributed by atoms with E-state index >= 15 is 0 Å². The molecule has 9 heteroatoms. The summed E-state index contributed by atoms with van der Waals surface area (Å²) in [6, 6.07) is 21.8. The van der Waals surface area contributed by atoms with E-state index in [1.165, 1.54) is 12.1 Å². The second-order valence-corrected chi connectivity index (χ2v) is 11.7. The van der Waals surface area contributed by atoms with E-state index in [4.69, 9.17) is 0 Å². The molecule has 1 fully saturated rings. The average molecular weight is 496 g/mol. The van der Waals surface area contributed by atoms with Gasteiger partial charge in [-0.05, 0) is 54.8 Å². The van der Waals surface area contributed by atoms with Crippen LogP contribution in [0.15, 0.2) is 82.0 Å². The smallest absolute Gasteiger partial charge is 0.255 e. The van der Waals surface area contributed by atoms with Crippen LogP contribution in [0.1, 0.15) is 28.8 Å². The van der Waals surface area contributed by atoms with Crippen LogP contribution in [-0.2, 0) is 15.8 Å². The Hall–Kier alpha value is -2.72. The molecule has 1 saturated carbocycles. The molecule has 0 bridgehead atoms. The topological polar surface area (TPSA) is 88.2 Å². The number of hydrogen-bond donors (Lipinski definition) is 2. The summed E-state index contributed by atoms with van der Waals surface area (Å²) in [6.07, 6.45) is 1.73. The number of nitrogens with one attached hydrogen (secondary N) is 2. The Balaban J connectivity index is 1.31. The van der Waals surface area contributed by atoms with Gasteiger partial charge >= 0.3 is 0 Å². The maximum Gasteiger partial charge on any atom is 0.255 e. The van der Waals surface area contributed by atoms with Crippen molar-refractivity contribution in [3.05, 3.63) is 83.9 Å². The van der Waals surface area contributed by atoms with Gasteiger partial charge in [-0.3, -0.25) is 4.79 Å². The molecule has 1 aliphatic carbocycles. The molecule has 0 aliphatic heterocycles. The summed E-state index contributed by atoms with van der Waals surface area (Å²) in [5.41, 5.74) is 2.85. The fourth-order valence-corrected chi connectivity index (χ4v) is 6.77. The third kappa shape index (κ3) is 5.27. The van der Waals surface area contributed by atoms with Crippen LogP contribution >= 0.6 is 23.1 Å². The van der Waals surface area contributed by atoms with Gasteiger partial charge in [0.05, 0.1) is 15.1 Å². The molecule has 0 spiro atoms. The minimum Gasteiger partial charge on any atom is -0.322 e. The Morgan fingerprint density at radius 3 is 2.64 bits per heavy atom. The summed E-state index contributed by atoms with van der Waals surface area (Å²) in [5, 5.41) is 2.85. The summed E-state index contributed by atoms with van der Waals surface area (Å²) in [6.45, 7) is 0. The molecule has 0 saturated heterocycles. The van der Waals surface area contributed by atoms with Crippen LogP contribution in [0.2, 0.25) is 0 Å². The second kappa shape index (κ2) is 9.26. The summed E-state index contributed by atoms with van der Waals surface area (Å²) >= 11 is 3.23. The monoisotopic (exact) mass is 495 g/mol. The maximum atomic E-state index is 13.0. The Bertz CT molecular complexity index is 1400. The predicted molar refractivity (Wildman–Crippen MR) is 133 cm³/mol. The number of thiazole rings is 1. The van der Waals surface area contributed by atoms with Crippen LogP contribution in [0.4, 0.5) is 5.69 Å². The van der Waals surface area contributed by atoms with Gasteiger partial charge in [0.2, 0.25) is 10.0 Å². The molecule has 1 amide bonds. The Morgan fingerprint density at radius 1 is 1.03 bits per heavy atom. The molecule has 1 aliphatic rings. The van der Waals surface area contributed by atoms with E-state index in [-0.39, 0.29) is 16.8 Å². The Morgan fingerprint density at radius 2 is 1.82 bits per heavy atom. The van der Waals surface area contributed by atoms with Gasteiger partial charge in [-0.25, -0.2) is 18.1 Å². The van der Waals surface area contributed by atoms with Gasteiger partial charge in [-0.2, -0.15) is 0 Å². The zero-order chi connectivity index (χ0) is 22.8. The van der Waals surface area contributed by atoms with Crippen molar-refractivity contribution >= 4 is 54.9 Å². The number of nitrogens with zero attached hydrogens (tertiary/aromatic N) is 1. The molecule has 168 valence electrons. The number of anilines is 1. The molecule has 2 N–H and O–H groups in total. The lowest BCUT2D eigenvalue weighted by atomic mass is 10.1. The van der Waals surface area contributed by atoms with E-state index in [2.05, 4.69) is 15.0 Å². The lowest BCUT2D eigenvalue weighted by Crippen LogP contribution is -2.25. The summed E-state index contributed by atoms with van der Waals surface area (Å²) in [7, 11) is -3.59. The Labute approximate surface area is 200 Å². The molecule has 1 aromatic heterocycles. The van der Waals surface area contributed by atoms with Gasteiger partial charge in [0, 0.05) is 23.0 Å². The third-order valence-corrected chi connectivity index (χ3v) is 8.94. The van der Waals surface area contributed by atoms with E-state index in [0.29, 0.717) is 17.0 Å². The quantitative estimate of drug-likeness (QED) is 0.325. The highest BCUT2D eigenvalue weighted by molar-refractivity contribution is 8.00. The first kappa shape index (κ1) is 22.1. The van der Waals surface area contributed by atoms with Crippen molar-refractivity contribution in [1.29, 1.82) is 0 Å². The van der Waals surface area contributed by atoms with E-state index in [1.807, 2.05) is 42.5 Å². The van der Waals surface area contributed by atoms with Crippen molar-refractivity contribution in [3.63, 3.8) is 0 Å². The minimum absolute atomic E-state index is 0.0213. The fourth-order valence-electron chi connectivity index (χ4n) is 3.35. The van der Waals surface area contributed by atoms with Gasteiger partial charge in [0.15, 0.2) is 4.34 Å². The first-order chi connectivity index (χ1) is 16.0. The van der Waals surface area contributed by atoms with Crippen LogP contribution in [0.3, 0.4) is 0 Å². The average Bonchev–Trinajstić information content (AvgIpc) is 3.52. The first-order valence-corrected chi connectivity index (χ1v) is 13.8. The van der Waals surface area contributed by atoms with Crippen molar-refractivity contribution < 1.29 is 13.2 Å². The highest BCUT2D eigenvalue weighted by Gasteiger charge is 2.28. The molecular formula is C24H21N3O3S3. The molecule has 6 nitrogen and oxygen atoms in total. The number of carbonyl (C=O) groups excluding carboxylic acids is 1. The largest absolute Gasteiger partial charge is 0.322 e. The van der Waals surface area contributed by atoms with E-state index in [1.54, 1.807) is 41.3 Å². The lowest BCUT2D eigenvalue weighted by Gasteiger charge is -2.11. The molecule has 4 aromatic rings. The van der Waals surface area contributed by atoms with E-state index in [9.17, 15) is 13.2 Å². The SMILES string of the molecule is O=C(Nc1cccc(S(=O)(=O)NC2CC2)c1)c1ccccc1CSc1nc2ccccc2s1. The van der Waals surface area contributed by atoms with Gasteiger partial charge < -0.3 is 5.32 Å². The third-order valence-electron chi connectivity index (χ3n) is 5.19. The van der Waals surface area contributed by atoms with Crippen molar-refractivity contribution in [3.8, 4) is 0 Å². The fraction of sp³-hybridized carbons (Fsp3) is 0.167. The highest BCUT2D eigenvalue weighted by atomic mass is 32.2. The number of amides is 1. The molecule has 0 radical (unpaired) electrons. The number of hydrogen-bond acceptors (Lipinski definition) is 6. The van der Waals surface area contributed by atoms with Gasteiger partial charge in [-0.1, -0.05) is 48.2 Å². The van der Waals surface area contributed by atoms with Crippen molar-refractivity contribution in [2.75, 3.05) is 5.32 Å². The Kier molecular flexibility index (Phi) is 6.20. The first-order valence-electron chi connectivity index (χ1n) is 10.5. The van der Waals surface area contributed by atoms with Crippen LogP contribution in [0.25, 0.3) is 10.2 Å².